The molecule has 0 aromatic heterocycles. The summed E-state index contributed by atoms with van der Waals surface area (Å²) in [5, 5.41) is 3.53. The van der Waals surface area contributed by atoms with Crippen molar-refractivity contribution < 1.29 is 13.2 Å². The Hall–Kier alpha value is -2.87. The van der Waals surface area contributed by atoms with E-state index in [9.17, 15) is 8.42 Å². The lowest BCUT2D eigenvalue weighted by Gasteiger charge is -2.31. The number of nitrogens with one attached hydrogen (secondary N) is 2. The second-order valence-corrected chi connectivity index (χ2v) is 9.26. The minimum absolute atomic E-state index is 0.314. The van der Waals surface area contributed by atoms with Crippen LogP contribution in [-0.4, -0.2) is 31.9 Å². The Labute approximate surface area is 184 Å². The molecule has 3 aromatic rings. The molecule has 162 valence electrons. The Morgan fingerprint density at radius 1 is 0.839 bits per heavy atom. The van der Waals surface area contributed by atoms with Crippen LogP contribution in [0.5, 0.6) is 11.5 Å². The second-order valence-electron chi connectivity index (χ2n) is 7.59. The highest BCUT2D eigenvalue weighted by Gasteiger charge is 2.27. The van der Waals surface area contributed by atoms with Crippen LogP contribution in [0, 0.1) is 0 Å². The first-order chi connectivity index (χ1) is 15.1. The molecule has 0 spiro atoms. The lowest BCUT2D eigenvalue weighted by molar-refractivity contribution is 0.290. The van der Waals surface area contributed by atoms with E-state index in [1.165, 1.54) is 9.87 Å². The van der Waals surface area contributed by atoms with Crippen molar-refractivity contribution in [3.05, 3.63) is 90.5 Å². The molecule has 1 saturated heterocycles. The molecule has 0 unspecified atom stereocenters. The maximum atomic E-state index is 12.9. The molecule has 1 heterocycles. The van der Waals surface area contributed by atoms with E-state index in [0.717, 1.165) is 19.4 Å². The van der Waals surface area contributed by atoms with Crippen LogP contribution in [0.1, 0.15) is 18.4 Å². The average molecular weight is 438 g/mol. The lowest BCUT2D eigenvalue weighted by Crippen LogP contribution is -2.46. The fraction of sp³-hybridized carbons (Fsp3) is 0.250. The fourth-order valence-corrected chi connectivity index (χ4v) is 4.86. The first-order valence-corrected chi connectivity index (χ1v) is 11.9. The van der Waals surface area contributed by atoms with Gasteiger partial charge in [-0.3, -0.25) is 4.72 Å². The molecule has 1 aliphatic rings. The third-order valence-electron chi connectivity index (χ3n) is 5.29. The van der Waals surface area contributed by atoms with Gasteiger partial charge in [-0.05, 0) is 42.7 Å². The molecule has 3 aromatic carbocycles. The van der Waals surface area contributed by atoms with Crippen molar-refractivity contribution in [1.82, 2.24) is 9.62 Å². The van der Waals surface area contributed by atoms with Gasteiger partial charge < -0.3 is 10.1 Å². The van der Waals surface area contributed by atoms with Crippen LogP contribution in [0.25, 0.3) is 0 Å². The third kappa shape index (κ3) is 6.07. The van der Waals surface area contributed by atoms with Gasteiger partial charge in [0.2, 0.25) is 0 Å². The van der Waals surface area contributed by atoms with E-state index in [4.69, 9.17) is 4.74 Å². The predicted octanol–water partition coefficient (Wildman–Crippen LogP) is 4.39. The number of nitrogens with zero attached hydrogens (tertiary/aromatic N) is 1. The molecule has 7 heteroatoms. The van der Waals surface area contributed by atoms with Crippen molar-refractivity contribution in [2.75, 3.05) is 17.8 Å². The van der Waals surface area contributed by atoms with E-state index < -0.39 is 10.2 Å². The average Bonchev–Trinajstić information content (AvgIpc) is 2.79. The summed E-state index contributed by atoms with van der Waals surface area (Å²) in [6.07, 6.45) is 1.57. The van der Waals surface area contributed by atoms with Crippen molar-refractivity contribution in [2.24, 2.45) is 0 Å². The molecule has 1 fully saturated rings. The molecule has 0 aliphatic carbocycles. The Kier molecular flexibility index (Phi) is 6.86. The highest BCUT2D eigenvalue weighted by atomic mass is 32.2. The summed E-state index contributed by atoms with van der Waals surface area (Å²) in [5.41, 5.74) is 1.72. The predicted molar refractivity (Wildman–Crippen MR) is 123 cm³/mol. The number of anilines is 1. The molecule has 2 N–H and O–H groups in total. The van der Waals surface area contributed by atoms with Crippen LogP contribution in [-0.2, 0) is 16.8 Å². The topological polar surface area (TPSA) is 70.7 Å². The summed E-state index contributed by atoms with van der Waals surface area (Å²) in [6, 6.07) is 26.9. The molecule has 0 saturated carbocycles. The van der Waals surface area contributed by atoms with Gasteiger partial charge in [0, 0.05) is 31.7 Å². The highest BCUT2D eigenvalue weighted by molar-refractivity contribution is 7.90. The Morgan fingerprint density at radius 2 is 1.48 bits per heavy atom. The zero-order chi connectivity index (χ0) is 21.5. The van der Waals surface area contributed by atoms with E-state index in [1.54, 1.807) is 24.3 Å². The number of rotatable bonds is 8. The van der Waals surface area contributed by atoms with Crippen molar-refractivity contribution in [1.29, 1.82) is 0 Å². The molecule has 31 heavy (non-hydrogen) atoms. The zero-order valence-corrected chi connectivity index (χ0v) is 18.1. The van der Waals surface area contributed by atoms with Gasteiger partial charge in [-0.25, -0.2) is 0 Å². The number of piperidine rings is 1. The summed E-state index contributed by atoms with van der Waals surface area (Å²) < 4.78 is 35.7. The van der Waals surface area contributed by atoms with Gasteiger partial charge in [-0.2, -0.15) is 12.7 Å². The summed E-state index contributed by atoms with van der Waals surface area (Å²) in [5.74, 6) is 1.28. The second kappa shape index (κ2) is 9.96. The van der Waals surface area contributed by atoms with Crippen LogP contribution in [0.4, 0.5) is 5.69 Å². The molecule has 6 nitrogen and oxygen atoms in total. The van der Waals surface area contributed by atoms with Crippen LogP contribution in [0.2, 0.25) is 0 Å². The molecule has 0 radical (unpaired) electrons. The standard InChI is InChI=1S/C24H27N3O3S/c28-31(29,26-22-10-7-13-24(18-22)30-23-11-5-2-6-12-23)27-16-14-21(15-17-27)25-19-20-8-3-1-4-9-20/h1-13,18,21,25-26H,14-17,19H2. The Morgan fingerprint density at radius 3 is 2.19 bits per heavy atom. The number of hydrogen-bond acceptors (Lipinski definition) is 4. The maximum absolute atomic E-state index is 12.9. The summed E-state index contributed by atoms with van der Waals surface area (Å²) in [6.45, 7) is 1.77. The minimum Gasteiger partial charge on any atom is -0.457 e. The van der Waals surface area contributed by atoms with Crippen LogP contribution >= 0.6 is 0 Å². The lowest BCUT2D eigenvalue weighted by atomic mass is 10.1. The molecule has 1 aliphatic heterocycles. The highest BCUT2D eigenvalue weighted by Crippen LogP contribution is 2.25. The largest absolute Gasteiger partial charge is 0.457 e. The van der Waals surface area contributed by atoms with Crippen molar-refractivity contribution in [3.8, 4) is 11.5 Å². The van der Waals surface area contributed by atoms with Crippen LogP contribution < -0.4 is 14.8 Å². The number of benzene rings is 3. The minimum atomic E-state index is -3.62. The van der Waals surface area contributed by atoms with Gasteiger partial charge >= 0.3 is 10.2 Å². The van der Waals surface area contributed by atoms with Crippen molar-refractivity contribution in [2.45, 2.75) is 25.4 Å². The molecule has 0 bridgehead atoms. The molecule has 0 atom stereocenters. The summed E-state index contributed by atoms with van der Waals surface area (Å²) >= 11 is 0. The first kappa shape index (κ1) is 21.4. The van der Waals surface area contributed by atoms with E-state index in [-0.39, 0.29) is 0 Å². The van der Waals surface area contributed by atoms with Crippen LogP contribution in [0.3, 0.4) is 0 Å². The molecule has 0 amide bonds. The van der Waals surface area contributed by atoms with Crippen LogP contribution in [0.15, 0.2) is 84.9 Å². The van der Waals surface area contributed by atoms with Crippen molar-refractivity contribution >= 4 is 15.9 Å². The maximum Gasteiger partial charge on any atom is 0.301 e. The van der Waals surface area contributed by atoms with E-state index in [1.807, 2.05) is 48.5 Å². The first-order valence-electron chi connectivity index (χ1n) is 10.5. The number of para-hydroxylation sites is 1. The molecule has 4 rings (SSSR count). The van der Waals surface area contributed by atoms with Gasteiger partial charge in [0.05, 0.1) is 5.69 Å². The normalized spacial score (nSPS) is 15.5. The van der Waals surface area contributed by atoms with Gasteiger partial charge in [0.25, 0.3) is 0 Å². The van der Waals surface area contributed by atoms with Crippen molar-refractivity contribution in [3.63, 3.8) is 0 Å². The van der Waals surface area contributed by atoms with Gasteiger partial charge in [-0.15, -0.1) is 0 Å². The zero-order valence-electron chi connectivity index (χ0n) is 17.3. The van der Waals surface area contributed by atoms with E-state index >= 15 is 0 Å². The summed E-state index contributed by atoms with van der Waals surface area (Å²) in [7, 11) is -3.62. The Balaban J connectivity index is 1.31. The van der Waals surface area contributed by atoms with Gasteiger partial charge in [0.1, 0.15) is 11.5 Å². The SMILES string of the molecule is O=S(=O)(Nc1cccc(Oc2ccccc2)c1)N1CCC(NCc2ccccc2)CC1. The fourth-order valence-electron chi connectivity index (χ4n) is 3.62. The van der Waals surface area contributed by atoms with Gasteiger partial charge in [0.15, 0.2) is 0 Å². The third-order valence-corrected chi connectivity index (χ3v) is 6.83. The molecular formula is C24H27N3O3S. The molecular weight excluding hydrogens is 410 g/mol. The smallest absolute Gasteiger partial charge is 0.301 e. The quantitative estimate of drug-likeness (QED) is 0.548. The number of ether oxygens (including phenoxy) is 1. The monoisotopic (exact) mass is 437 g/mol. The summed E-state index contributed by atoms with van der Waals surface area (Å²) in [4.78, 5) is 0. The van der Waals surface area contributed by atoms with Gasteiger partial charge in [-0.1, -0.05) is 54.6 Å². The van der Waals surface area contributed by atoms with E-state index in [0.29, 0.717) is 36.3 Å². The number of hydrogen-bond donors (Lipinski definition) is 2. The Bertz CT molecular complexity index is 1070. The van der Waals surface area contributed by atoms with E-state index in [2.05, 4.69) is 22.2 Å².